The second-order valence-corrected chi connectivity index (χ2v) is 6.55. The second kappa shape index (κ2) is 7.98. The summed E-state index contributed by atoms with van der Waals surface area (Å²) in [7, 11) is 2.77. The highest BCUT2D eigenvalue weighted by atomic mass is 32.2. The number of likely N-dealkylation sites (N-methyl/N-ethyl adjacent to an activating group) is 2. The maximum absolute atomic E-state index is 12.2. The Morgan fingerprint density at radius 3 is 2.61 bits per heavy atom. The largest absolute Gasteiger partial charge is 0.465 e. The molecule has 0 unspecified atom stereocenters. The smallest absolute Gasteiger partial charge is 0.327 e. The van der Waals surface area contributed by atoms with Gasteiger partial charge in [0.05, 0.1) is 6.61 Å². The van der Waals surface area contributed by atoms with Crippen molar-refractivity contribution in [2.75, 3.05) is 32.7 Å². The zero-order valence-electron chi connectivity index (χ0n) is 14.2. The van der Waals surface area contributed by atoms with Crippen LogP contribution in [-0.2, 0) is 14.3 Å². The van der Waals surface area contributed by atoms with Crippen molar-refractivity contribution in [3.8, 4) is 0 Å². The van der Waals surface area contributed by atoms with E-state index in [4.69, 9.17) is 4.74 Å². The van der Waals surface area contributed by atoms with Gasteiger partial charge in [-0.25, -0.2) is 4.79 Å². The number of hydrogen-bond donors (Lipinski definition) is 2. The number of imide groups is 1. The fourth-order valence-electron chi connectivity index (χ4n) is 2.48. The fourth-order valence-corrected chi connectivity index (χ4v) is 2.95. The van der Waals surface area contributed by atoms with Crippen LogP contribution >= 0.6 is 11.8 Å². The summed E-state index contributed by atoms with van der Waals surface area (Å²) in [6.07, 6.45) is 1.35. The molecule has 0 aromatic carbocycles. The van der Waals surface area contributed by atoms with Crippen molar-refractivity contribution >= 4 is 29.7 Å². The molecule has 1 fully saturated rings. The van der Waals surface area contributed by atoms with Crippen LogP contribution in [0.15, 0.2) is 0 Å². The topological polar surface area (TPSA) is 99.2 Å². The van der Waals surface area contributed by atoms with Gasteiger partial charge in [-0.05, 0) is 32.3 Å². The third kappa shape index (κ3) is 4.15. The predicted octanol–water partition coefficient (Wildman–Crippen LogP) is -0.138. The highest BCUT2D eigenvalue weighted by Gasteiger charge is 2.52. The normalized spacial score (nSPS) is 26.4. The van der Waals surface area contributed by atoms with E-state index in [0.29, 0.717) is 12.2 Å². The average molecular weight is 347 g/mol. The Morgan fingerprint density at radius 2 is 2.09 bits per heavy atom. The van der Waals surface area contributed by atoms with Crippen LogP contribution in [0.5, 0.6) is 0 Å². The van der Waals surface area contributed by atoms with E-state index in [9.17, 15) is 19.5 Å². The Labute approximate surface area is 140 Å². The molecule has 1 rings (SSSR count). The summed E-state index contributed by atoms with van der Waals surface area (Å²) >= 11 is 1.56. The lowest BCUT2D eigenvalue weighted by atomic mass is 9.96. The Hall–Kier alpha value is -1.32. The lowest BCUT2D eigenvalue weighted by Gasteiger charge is -2.46. The monoisotopic (exact) mass is 347 g/mol. The highest BCUT2D eigenvalue weighted by molar-refractivity contribution is 7.98. The summed E-state index contributed by atoms with van der Waals surface area (Å²) < 4.78 is 5.03. The number of esters is 1. The number of aliphatic hydroxyl groups is 1. The molecule has 8 nitrogen and oxygen atoms in total. The zero-order chi connectivity index (χ0) is 17.8. The first-order chi connectivity index (χ1) is 10.7. The van der Waals surface area contributed by atoms with Gasteiger partial charge in [0.1, 0.15) is 12.2 Å². The lowest BCUT2D eigenvalue weighted by molar-refractivity contribution is -0.162. The van der Waals surface area contributed by atoms with Crippen molar-refractivity contribution in [2.24, 2.45) is 0 Å². The molecule has 2 N–H and O–H groups in total. The van der Waals surface area contributed by atoms with Crippen LogP contribution in [0.25, 0.3) is 0 Å². The van der Waals surface area contributed by atoms with Crippen molar-refractivity contribution in [3.05, 3.63) is 0 Å². The molecule has 3 atom stereocenters. The molecule has 1 aliphatic rings. The van der Waals surface area contributed by atoms with Crippen LogP contribution in [0.1, 0.15) is 20.3 Å². The van der Waals surface area contributed by atoms with Crippen molar-refractivity contribution in [3.63, 3.8) is 0 Å². The molecule has 1 heterocycles. The van der Waals surface area contributed by atoms with Crippen LogP contribution in [-0.4, -0.2) is 83.3 Å². The number of hydrogen-bond acceptors (Lipinski definition) is 7. The van der Waals surface area contributed by atoms with Crippen LogP contribution in [0, 0.1) is 0 Å². The maximum Gasteiger partial charge on any atom is 0.327 e. The van der Waals surface area contributed by atoms with Gasteiger partial charge in [0.15, 0.2) is 5.60 Å². The van der Waals surface area contributed by atoms with Crippen molar-refractivity contribution in [1.82, 2.24) is 15.1 Å². The van der Waals surface area contributed by atoms with E-state index in [1.54, 1.807) is 18.7 Å². The zero-order valence-corrected chi connectivity index (χ0v) is 15.0. The molecule has 0 spiro atoms. The van der Waals surface area contributed by atoms with Gasteiger partial charge < -0.3 is 14.7 Å². The van der Waals surface area contributed by atoms with Gasteiger partial charge in [-0.3, -0.25) is 19.8 Å². The number of ether oxygens (including phenoxy) is 1. The third-order valence-corrected chi connectivity index (χ3v) is 4.43. The SMILES string of the molecule is CCOC(=O)[C@H](CCSC)N[C@@H]1N(C)C(=O)N(C)C(=O)[C@@]1(C)O. The number of nitrogens with one attached hydrogen (secondary N) is 1. The van der Waals surface area contributed by atoms with E-state index in [-0.39, 0.29) is 6.61 Å². The number of nitrogens with zero attached hydrogens (tertiary/aromatic N) is 2. The summed E-state index contributed by atoms with van der Waals surface area (Å²) in [6, 6.07) is -1.27. The molecule has 3 amide bonds. The van der Waals surface area contributed by atoms with Crippen LogP contribution in [0.4, 0.5) is 4.79 Å². The van der Waals surface area contributed by atoms with Gasteiger partial charge >= 0.3 is 12.0 Å². The highest BCUT2D eigenvalue weighted by Crippen LogP contribution is 2.24. The number of amides is 3. The number of carbonyl (C=O) groups is 3. The van der Waals surface area contributed by atoms with E-state index in [2.05, 4.69) is 5.32 Å². The van der Waals surface area contributed by atoms with Crippen LogP contribution in [0.2, 0.25) is 0 Å². The quantitative estimate of drug-likeness (QED) is 0.619. The number of rotatable bonds is 7. The lowest BCUT2D eigenvalue weighted by Crippen LogP contribution is -2.73. The third-order valence-electron chi connectivity index (χ3n) is 3.79. The summed E-state index contributed by atoms with van der Waals surface area (Å²) in [5, 5.41) is 13.5. The van der Waals surface area contributed by atoms with E-state index in [0.717, 1.165) is 4.90 Å². The molecule has 0 saturated carbocycles. The minimum absolute atomic E-state index is 0.230. The summed E-state index contributed by atoms with van der Waals surface area (Å²) in [5.74, 6) is -0.494. The molecule has 0 aromatic heterocycles. The summed E-state index contributed by atoms with van der Waals surface area (Å²) in [4.78, 5) is 38.4. The van der Waals surface area contributed by atoms with Crippen molar-refractivity contribution in [2.45, 2.75) is 38.1 Å². The molecule has 132 valence electrons. The van der Waals surface area contributed by atoms with Gasteiger partial charge in [0.25, 0.3) is 5.91 Å². The molecule has 1 saturated heterocycles. The number of carbonyl (C=O) groups excluding carboxylic acids is 3. The summed E-state index contributed by atoms with van der Waals surface area (Å²) in [5.41, 5.74) is -1.85. The Bertz CT molecular complexity index is 471. The molecule has 0 aliphatic carbocycles. The van der Waals surface area contributed by atoms with Crippen LogP contribution < -0.4 is 5.32 Å². The second-order valence-electron chi connectivity index (χ2n) is 5.56. The minimum Gasteiger partial charge on any atom is -0.465 e. The van der Waals surface area contributed by atoms with Crippen molar-refractivity contribution in [1.29, 1.82) is 0 Å². The van der Waals surface area contributed by atoms with E-state index in [1.165, 1.54) is 25.9 Å². The Morgan fingerprint density at radius 1 is 1.48 bits per heavy atom. The van der Waals surface area contributed by atoms with Crippen molar-refractivity contribution < 1.29 is 24.2 Å². The van der Waals surface area contributed by atoms with Gasteiger partial charge in [0.2, 0.25) is 0 Å². The van der Waals surface area contributed by atoms with Gasteiger partial charge in [-0.2, -0.15) is 11.8 Å². The molecule has 0 bridgehead atoms. The Balaban J connectivity index is 3.01. The standard InChI is InChI=1S/C14H25N3O5S/c1-6-22-10(18)9(7-8-23-5)15-11-14(2,21)12(19)17(4)13(20)16(11)3/h9,11,15,21H,6-8H2,1-5H3/t9-,11+,14-/m0/s1. The van der Waals surface area contributed by atoms with E-state index < -0.39 is 35.7 Å². The first-order valence-electron chi connectivity index (χ1n) is 7.37. The van der Waals surface area contributed by atoms with Gasteiger partial charge in [-0.15, -0.1) is 0 Å². The molecule has 0 radical (unpaired) electrons. The van der Waals surface area contributed by atoms with E-state index in [1.807, 2.05) is 6.26 Å². The molecule has 9 heteroatoms. The molecule has 23 heavy (non-hydrogen) atoms. The fraction of sp³-hybridized carbons (Fsp3) is 0.786. The number of thioether (sulfide) groups is 1. The van der Waals surface area contributed by atoms with Crippen LogP contribution in [0.3, 0.4) is 0 Å². The molecular weight excluding hydrogens is 322 g/mol. The van der Waals surface area contributed by atoms with Gasteiger partial charge in [-0.1, -0.05) is 0 Å². The minimum atomic E-state index is -1.85. The van der Waals surface area contributed by atoms with Gasteiger partial charge in [0, 0.05) is 14.1 Å². The summed E-state index contributed by atoms with van der Waals surface area (Å²) in [6.45, 7) is 3.26. The molecule has 0 aromatic rings. The van der Waals surface area contributed by atoms with E-state index >= 15 is 0 Å². The Kier molecular flexibility index (Phi) is 6.84. The first kappa shape index (κ1) is 19.7. The predicted molar refractivity (Wildman–Crippen MR) is 86.9 cm³/mol. The maximum atomic E-state index is 12.2. The molecular formula is C14H25N3O5S. The molecule has 1 aliphatic heterocycles. The number of urea groups is 1. The first-order valence-corrected chi connectivity index (χ1v) is 8.76. The average Bonchev–Trinajstić information content (AvgIpc) is 2.51.